The predicted molar refractivity (Wildman–Crippen MR) is 72.7 cm³/mol. The molecular formula is C13H14FN3O4. The highest BCUT2D eigenvalue weighted by Gasteiger charge is 2.23. The van der Waals surface area contributed by atoms with Gasteiger partial charge in [0.25, 0.3) is 0 Å². The first kappa shape index (κ1) is 14.9. The van der Waals surface area contributed by atoms with Gasteiger partial charge in [0.05, 0.1) is 31.4 Å². The van der Waals surface area contributed by atoms with Gasteiger partial charge in [-0.15, -0.1) is 0 Å². The molecule has 112 valence electrons. The van der Waals surface area contributed by atoms with Crippen LogP contribution in [0.15, 0.2) is 24.5 Å². The Morgan fingerprint density at radius 3 is 2.76 bits per heavy atom. The molecule has 0 N–H and O–H groups in total. The molecule has 0 atom stereocenters. The molecule has 0 radical (unpaired) electrons. The highest BCUT2D eigenvalue weighted by molar-refractivity contribution is 5.67. The van der Waals surface area contributed by atoms with Crippen LogP contribution in [0.3, 0.4) is 0 Å². The number of nitro groups is 1. The number of aromatic nitrogens is 2. The van der Waals surface area contributed by atoms with Gasteiger partial charge in [0.2, 0.25) is 11.6 Å². The van der Waals surface area contributed by atoms with Crippen LogP contribution in [0, 0.1) is 15.9 Å². The normalized spacial score (nSPS) is 10.6. The first-order valence-corrected chi connectivity index (χ1v) is 6.10. The Morgan fingerprint density at radius 2 is 2.14 bits per heavy atom. The molecule has 0 spiro atoms. The van der Waals surface area contributed by atoms with E-state index in [1.807, 2.05) is 0 Å². The number of hydrogen-bond donors (Lipinski definition) is 0. The molecule has 1 heterocycles. The molecule has 0 aliphatic heterocycles. The molecule has 2 aromatic rings. The zero-order valence-corrected chi connectivity index (χ0v) is 11.6. The summed E-state index contributed by atoms with van der Waals surface area (Å²) in [6.45, 7) is 1.06. The molecule has 0 saturated carbocycles. The number of ether oxygens (including phenoxy) is 2. The minimum Gasteiger partial charge on any atom is -0.490 e. The summed E-state index contributed by atoms with van der Waals surface area (Å²) in [6.07, 6.45) is 3.26. The van der Waals surface area contributed by atoms with E-state index in [-0.39, 0.29) is 5.75 Å². The molecule has 0 bridgehead atoms. The number of hydrogen-bond acceptors (Lipinski definition) is 5. The van der Waals surface area contributed by atoms with Crippen molar-refractivity contribution in [3.63, 3.8) is 0 Å². The average molecular weight is 295 g/mol. The fourth-order valence-corrected chi connectivity index (χ4v) is 1.89. The lowest BCUT2D eigenvalue weighted by molar-refractivity contribution is -0.388. The minimum absolute atomic E-state index is 0.125. The minimum atomic E-state index is -0.945. The van der Waals surface area contributed by atoms with Crippen molar-refractivity contribution < 1.29 is 18.8 Å². The standard InChI is InChI=1S/C13H14FN3O4/c1-20-4-3-16-8-10(7-15-16)9-5-11(14)13(17(18)19)12(6-9)21-2/h5-8H,3-4H2,1-2H3. The van der Waals surface area contributed by atoms with Crippen molar-refractivity contribution in [1.29, 1.82) is 0 Å². The lowest BCUT2D eigenvalue weighted by Gasteiger charge is -2.05. The van der Waals surface area contributed by atoms with Crippen LogP contribution in [0.5, 0.6) is 5.75 Å². The van der Waals surface area contributed by atoms with Crippen molar-refractivity contribution >= 4 is 5.69 Å². The van der Waals surface area contributed by atoms with Crippen LogP contribution in [-0.4, -0.2) is 35.5 Å². The van der Waals surface area contributed by atoms with Crippen molar-refractivity contribution in [2.45, 2.75) is 6.54 Å². The van der Waals surface area contributed by atoms with Crippen LogP contribution in [0.2, 0.25) is 0 Å². The maximum atomic E-state index is 13.9. The third kappa shape index (κ3) is 3.16. The van der Waals surface area contributed by atoms with E-state index in [1.165, 1.54) is 13.2 Å². The van der Waals surface area contributed by atoms with E-state index in [0.717, 1.165) is 6.07 Å². The van der Waals surface area contributed by atoms with E-state index in [1.54, 1.807) is 24.2 Å². The molecule has 0 amide bonds. The molecule has 2 rings (SSSR count). The highest BCUT2D eigenvalue weighted by Crippen LogP contribution is 2.34. The van der Waals surface area contributed by atoms with Gasteiger partial charge in [-0.2, -0.15) is 9.49 Å². The molecule has 0 fully saturated rings. The molecule has 7 nitrogen and oxygen atoms in total. The van der Waals surface area contributed by atoms with Crippen molar-refractivity contribution in [2.24, 2.45) is 0 Å². The van der Waals surface area contributed by atoms with Gasteiger partial charge < -0.3 is 9.47 Å². The van der Waals surface area contributed by atoms with Crippen molar-refractivity contribution in [2.75, 3.05) is 20.8 Å². The fourth-order valence-electron chi connectivity index (χ4n) is 1.89. The van der Waals surface area contributed by atoms with Gasteiger partial charge in [0, 0.05) is 18.9 Å². The van der Waals surface area contributed by atoms with Crippen LogP contribution in [0.25, 0.3) is 11.1 Å². The third-order valence-corrected chi connectivity index (χ3v) is 2.92. The summed E-state index contributed by atoms with van der Waals surface area (Å²) >= 11 is 0. The zero-order valence-electron chi connectivity index (χ0n) is 11.6. The van der Waals surface area contributed by atoms with Crippen LogP contribution in [0.1, 0.15) is 0 Å². The average Bonchev–Trinajstić information content (AvgIpc) is 2.92. The molecular weight excluding hydrogens is 281 g/mol. The van der Waals surface area contributed by atoms with Gasteiger partial charge in [-0.1, -0.05) is 0 Å². The van der Waals surface area contributed by atoms with Crippen molar-refractivity contribution in [1.82, 2.24) is 9.78 Å². The summed E-state index contributed by atoms with van der Waals surface area (Å²) in [5.74, 6) is -1.07. The number of halogens is 1. The summed E-state index contributed by atoms with van der Waals surface area (Å²) in [4.78, 5) is 10.0. The maximum absolute atomic E-state index is 13.9. The summed E-state index contributed by atoms with van der Waals surface area (Å²) in [6, 6.07) is 2.51. The molecule has 21 heavy (non-hydrogen) atoms. The first-order valence-electron chi connectivity index (χ1n) is 6.10. The lowest BCUT2D eigenvalue weighted by Crippen LogP contribution is -2.03. The van der Waals surface area contributed by atoms with E-state index < -0.39 is 16.4 Å². The lowest BCUT2D eigenvalue weighted by atomic mass is 10.1. The van der Waals surface area contributed by atoms with Crippen LogP contribution < -0.4 is 4.74 Å². The maximum Gasteiger partial charge on any atom is 0.346 e. The molecule has 8 heteroatoms. The van der Waals surface area contributed by atoms with E-state index in [2.05, 4.69) is 5.10 Å². The Balaban J connectivity index is 2.38. The molecule has 1 aromatic heterocycles. The molecule has 0 unspecified atom stereocenters. The Bertz CT molecular complexity index is 657. The van der Waals surface area contributed by atoms with Gasteiger partial charge in [-0.05, 0) is 17.7 Å². The smallest absolute Gasteiger partial charge is 0.346 e. The first-order chi connectivity index (χ1) is 10.1. The van der Waals surface area contributed by atoms with E-state index in [4.69, 9.17) is 9.47 Å². The second-order valence-electron chi connectivity index (χ2n) is 4.25. The summed E-state index contributed by atoms with van der Waals surface area (Å²) < 4.78 is 25.4. The second-order valence-corrected chi connectivity index (χ2v) is 4.25. The second kappa shape index (κ2) is 6.31. The quantitative estimate of drug-likeness (QED) is 0.603. The number of benzene rings is 1. The van der Waals surface area contributed by atoms with Gasteiger partial charge >= 0.3 is 5.69 Å². The molecule has 1 aromatic carbocycles. The summed E-state index contributed by atoms with van der Waals surface area (Å²) in [7, 11) is 2.84. The number of nitro benzene ring substituents is 1. The van der Waals surface area contributed by atoms with E-state index in [9.17, 15) is 14.5 Å². The Labute approximate surface area is 120 Å². The van der Waals surface area contributed by atoms with Crippen LogP contribution >= 0.6 is 0 Å². The van der Waals surface area contributed by atoms with Crippen molar-refractivity contribution in [3.8, 4) is 16.9 Å². The Morgan fingerprint density at radius 1 is 1.38 bits per heavy atom. The molecule has 0 saturated heterocycles. The zero-order chi connectivity index (χ0) is 15.4. The molecule has 0 aliphatic carbocycles. The van der Waals surface area contributed by atoms with Gasteiger partial charge in [-0.25, -0.2) is 0 Å². The predicted octanol–water partition coefficient (Wildman–Crippen LogP) is 2.25. The fraction of sp³-hybridized carbons (Fsp3) is 0.308. The highest BCUT2D eigenvalue weighted by atomic mass is 19.1. The Hall–Kier alpha value is -2.48. The van der Waals surface area contributed by atoms with Gasteiger partial charge in [0.1, 0.15) is 0 Å². The van der Waals surface area contributed by atoms with E-state index in [0.29, 0.717) is 24.3 Å². The SMILES string of the molecule is COCCn1cc(-c2cc(F)c([N+](=O)[O-])c(OC)c2)cn1. The van der Waals surface area contributed by atoms with Crippen LogP contribution in [0.4, 0.5) is 10.1 Å². The number of methoxy groups -OCH3 is 2. The number of nitrogens with zero attached hydrogens (tertiary/aromatic N) is 3. The summed E-state index contributed by atoms with van der Waals surface area (Å²) in [5, 5.41) is 14.9. The largest absolute Gasteiger partial charge is 0.490 e. The number of rotatable bonds is 6. The Kier molecular flexibility index (Phi) is 4.49. The monoisotopic (exact) mass is 295 g/mol. The van der Waals surface area contributed by atoms with Gasteiger partial charge in [0.15, 0.2) is 0 Å². The third-order valence-electron chi connectivity index (χ3n) is 2.92. The topological polar surface area (TPSA) is 79.4 Å². The van der Waals surface area contributed by atoms with Crippen LogP contribution in [-0.2, 0) is 11.3 Å². The van der Waals surface area contributed by atoms with Gasteiger partial charge in [-0.3, -0.25) is 14.8 Å². The summed E-state index contributed by atoms with van der Waals surface area (Å²) in [5.41, 5.74) is 0.421. The molecule has 0 aliphatic rings. The van der Waals surface area contributed by atoms with Crippen molar-refractivity contribution in [3.05, 3.63) is 40.5 Å². The van der Waals surface area contributed by atoms with E-state index >= 15 is 0 Å².